The summed E-state index contributed by atoms with van der Waals surface area (Å²) < 4.78 is 6.90. The summed E-state index contributed by atoms with van der Waals surface area (Å²) in [5.74, 6) is 0. The maximum absolute atomic E-state index is 6.90. The zero-order valence-corrected chi connectivity index (χ0v) is 31.7. The van der Waals surface area contributed by atoms with E-state index in [1.54, 1.807) is 0 Å². The average molecular weight is 740 g/mol. The molecule has 0 saturated carbocycles. The fraction of sp³-hybridized carbons (Fsp3) is 0. The molecule has 0 atom stereocenters. The molecule has 0 radical (unpaired) electrons. The van der Waals surface area contributed by atoms with Gasteiger partial charge in [-0.2, -0.15) is 0 Å². The second kappa shape index (κ2) is 14.1. The molecule has 272 valence electrons. The number of fused-ring (bicyclic) bond motifs is 6. The molecule has 11 aromatic rings. The van der Waals surface area contributed by atoms with Crippen molar-refractivity contribution < 1.29 is 4.42 Å². The molecule has 0 fully saturated rings. The zero-order valence-electron chi connectivity index (χ0n) is 31.7. The minimum atomic E-state index is 0.888. The van der Waals surface area contributed by atoms with Gasteiger partial charge in [-0.25, -0.2) is 0 Å². The summed E-state index contributed by atoms with van der Waals surface area (Å²) in [6.45, 7) is 0. The first-order valence-electron chi connectivity index (χ1n) is 19.8. The SMILES string of the molecule is c1ccc(-c2ccccc2N(c2ccc(-c3cccc(-c4ccc5ccccc5c4)c3)cc2)c2ccccc2-c2cccc3c2oc2c4ccccc4ccc32)cc1. The first-order valence-corrected chi connectivity index (χ1v) is 19.8. The van der Waals surface area contributed by atoms with Crippen molar-refractivity contribution in [1.82, 2.24) is 0 Å². The van der Waals surface area contributed by atoms with Gasteiger partial charge < -0.3 is 9.32 Å². The van der Waals surface area contributed by atoms with Gasteiger partial charge in [0.1, 0.15) is 11.2 Å². The maximum atomic E-state index is 6.90. The minimum absolute atomic E-state index is 0.888. The van der Waals surface area contributed by atoms with E-state index < -0.39 is 0 Å². The van der Waals surface area contributed by atoms with Crippen LogP contribution in [0, 0.1) is 0 Å². The lowest BCUT2D eigenvalue weighted by Crippen LogP contribution is -2.12. The Morgan fingerprint density at radius 1 is 0.276 bits per heavy atom. The summed E-state index contributed by atoms with van der Waals surface area (Å²) in [5, 5.41) is 7.02. The monoisotopic (exact) mass is 739 g/mol. The summed E-state index contributed by atoms with van der Waals surface area (Å²) in [4.78, 5) is 2.41. The van der Waals surface area contributed by atoms with Gasteiger partial charge in [-0.1, -0.05) is 182 Å². The number of anilines is 3. The molecular weight excluding hydrogens is 703 g/mol. The lowest BCUT2D eigenvalue weighted by Gasteiger charge is -2.30. The van der Waals surface area contributed by atoms with Crippen molar-refractivity contribution >= 4 is 60.5 Å². The van der Waals surface area contributed by atoms with E-state index in [0.29, 0.717) is 0 Å². The smallest absolute Gasteiger partial charge is 0.143 e. The van der Waals surface area contributed by atoms with Crippen molar-refractivity contribution in [2.75, 3.05) is 4.90 Å². The number of para-hydroxylation sites is 3. The van der Waals surface area contributed by atoms with Crippen LogP contribution >= 0.6 is 0 Å². The number of benzene rings is 10. The van der Waals surface area contributed by atoms with Gasteiger partial charge in [-0.15, -0.1) is 0 Å². The third-order valence-corrected chi connectivity index (χ3v) is 11.5. The molecule has 0 aliphatic carbocycles. The van der Waals surface area contributed by atoms with Gasteiger partial charge in [0.25, 0.3) is 0 Å². The van der Waals surface area contributed by atoms with E-state index in [4.69, 9.17) is 4.42 Å². The molecule has 0 saturated heterocycles. The molecule has 0 spiro atoms. The van der Waals surface area contributed by atoms with Crippen LogP contribution < -0.4 is 4.90 Å². The highest BCUT2D eigenvalue weighted by Crippen LogP contribution is 2.47. The highest BCUT2D eigenvalue weighted by atomic mass is 16.3. The molecule has 0 aliphatic rings. The Morgan fingerprint density at radius 3 is 1.64 bits per heavy atom. The number of hydrogen-bond acceptors (Lipinski definition) is 2. The van der Waals surface area contributed by atoms with Crippen molar-refractivity contribution in [3.63, 3.8) is 0 Å². The van der Waals surface area contributed by atoms with Gasteiger partial charge in [0.2, 0.25) is 0 Å². The fourth-order valence-electron chi connectivity index (χ4n) is 8.62. The van der Waals surface area contributed by atoms with Crippen LogP contribution in [0.3, 0.4) is 0 Å². The van der Waals surface area contributed by atoms with Gasteiger partial charge in [-0.05, 0) is 86.4 Å². The molecule has 1 aromatic heterocycles. The third kappa shape index (κ3) is 5.82. The van der Waals surface area contributed by atoms with Crippen molar-refractivity contribution in [2.24, 2.45) is 0 Å². The molecule has 0 aliphatic heterocycles. The van der Waals surface area contributed by atoms with Crippen LogP contribution in [-0.4, -0.2) is 0 Å². The molecule has 0 unspecified atom stereocenters. The van der Waals surface area contributed by atoms with Gasteiger partial charge in [0.15, 0.2) is 0 Å². The van der Waals surface area contributed by atoms with Crippen molar-refractivity contribution in [2.45, 2.75) is 0 Å². The van der Waals surface area contributed by atoms with Crippen molar-refractivity contribution in [3.8, 4) is 44.5 Å². The molecule has 58 heavy (non-hydrogen) atoms. The van der Waals surface area contributed by atoms with Crippen LogP contribution in [0.2, 0.25) is 0 Å². The van der Waals surface area contributed by atoms with Crippen LogP contribution in [0.1, 0.15) is 0 Å². The summed E-state index contributed by atoms with van der Waals surface area (Å²) >= 11 is 0. The first kappa shape index (κ1) is 33.6. The quantitative estimate of drug-likeness (QED) is 0.162. The molecular formula is C56H37NO. The normalized spacial score (nSPS) is 11.4. The fourth-order valence-corrected chi connectivity index (χ4v) is 8.62. The van der Waals surface area contributed by atoms with Crippen LogP contribution in [0.25, 0.3) is 88.0 Å². The summed E-state index contributed by atoms with van der Waals surface area (Å²) in [6, 6.07) is 80.6. The summed E-state index contributed by atoms with van der Waals surface area (Å²) in [7, 11) is 0. The number of hydrogen-bond donors (Lipinski definition) is 0. The maximum Gasteiger partial charge on any atom is 0.143 e. The molecule has 2 heteroatoms. The van der Waals surface area contributed by atoms with Crippen molar-refractivity contribution in [3.05, 3.63) is 224 Å². The molecule has 0 bridgehead atoms. The topological polar surface area (TPSA) is 16.4 Å². The van der Waals surface area contributed by atoms with Crippen LogP contribution in [0.5, 0.6) is 0 Å². The largest absolute Gasteiger partial charge is 0.455 e. The van der Waals surface area contributed by atoms with E-state index in [0.717, 1.165) is 72.2 Å². The van der Waals surface area contributed by atoms with E-state index >= 15 is 0 Å². The predicted octanol–water partition coefficient (Wildman–Crippen LogP) is 16.0. The Kier molecular flexibility index (Phi) is 8.19. The second-order valence-corrected chi connectivity index (χ2v) is 14.9. The van der Waals surface area contributed by atoms with Gasteiger partial charge >= 0.3 is 0 Å². The number of furan rings is 1. The van der Waals surface area contributed by atoms with Gasteiger partial charge in [0, 0.05) is 38.5 Å². The van der Waals surface area contributed by atoms with Crippen LogP contribution in [0.15, 0.2) is 229 Å². The molecule has 2 nitrogen and oxygen atoms in total. The lowest BCUT2D eigenvalue weighted by atomic mass is 9.96. The Bertz CT molecular complexity index is 3290. The molecule has 0 N–H and O–H groups in total. The Hall–Kier alpha value is -7.68. The van der Waals surface area contributed by atoms with E-state index in [1.165, 1.54) is 32.8 Å². The first-order chi connectivity index (χ1) is 28.8. The summed E-state index contributed by atoms with van der Waals surface area (Å²) in [6.07, 6.45) is 0. The van der Waals surface area contributed by atoms with Gasteiger partial charge in [0.05, 0.1) is 11.4 Å². The number of nitrogens with zero attached hydrogens (tertiary/aromatic N) is 1. The molecule has 1 heterocycles. The molecule has 0 amide bonds. The standard InChI is InChI=1S/C56H37NO/c1-2-15-40(16-3-1)47-21-8-10-26-53(47)57(46-33-30-39(31-34-46)43-19-12-20-44(36-43)45-29-28-38-14-4-5-18-42(38)37-45)54-27-11-9-23-49(54)50-24-13-25-51-52-35-32-41-17-6-7-22-48(41)55(52)58-56(50)51/h1-37H. The van der Waals surface area contributed by atoms with Crippen LogP contribution in [-0.2, 0) is 0 Å². The highest BCUT2D eigenvalue weighted by molar-refractivity contribution is 6.17. The Morgan fingerprint density at radius 2 is 0.810 bits per heavy atom. The molecule has 11 rings (SSSR count). The Balaban J connectivity index is 1.07. The lowest BCUT2D eigenvalue weighted by molar-refractivity contribution is 0.674. The zero-order chi connectivity index (χ0) is 38.4. The van der Waals surface area contributed by atoms with Crippen LogP contribution in [0.4, 0.5) is 17.1 Å². The summed E-state index contributed by atoms with van der Waals surface area (Å²) in [5.41, 5.74) is 14.2. The van der Waals surface area contributed by atoms with E-state index in [1.807, 2.05) is 0 Å². The minimum Gasteiger partial charge on any atom is -0.455 e. The van der Waals surface area contributed by atoms with E-state index in [-0.39, 0.29) is 0 Å². The predicted molar refractivity (Wildman–Crippen MR) is 245 cm³/mol. The molecule has 10 aromatic carbocycles. The number of rotatable bonds is 7. The average Bonchev–Trinajstić information content (AvgIpc) is 3.70. The van der Waals surface area contributed by atoms with E-state index in [2.05, 4.69) is 229 Å². The highest BCUT2D eigenvalue weighted by Gasteiger charge is 2.23. The third-order valence-electron chi connectivity index (χ3n) is 11.5. The Labute approximate surface area is 337 Å². The second-order valence-electron chi connectivity index (χ2n) is 14.9. The van der Waals surface area contributed by atoms with Gasteiger partial charge in [-0.3, -0.25) is 0 Å². The van der Waals surface area contributed by atoms with E-state index in [9.17, 15) is 0 Å². The van der Waals surface area contributed by atoms with Crippen molar-refractivity contribution in [1.29, 1.82) is 0 Å².